The lowest BCUT2D eigenvalue weighted by Gasteiger charge is -2.33. The Kier molecular flexibility index (Phi) is 5.58. The van der Waals surface area contributed by atoms with Crippen LogP contribution in [0, 0.1) is 11.8 Å². The number of hydrogen-bond donors (Lipinski definition) is 1. The number of hydrogen-bond acceptors (Lipinski definition) is 3. The maximum atomic E-state index is 4.48. The zero-order valence-corrected chi connectivity index (χ0v) is 13.5. The molecule has 1 fully saturated rings. The minimum absolute atomic E-state index is 0.390. The second kappa shape index (κ2) is 7.21. The van der Waals surface area contributed by atoms with Gasteiger partial charge in [0.25, 0.3) is 0 Å². The SMILES string of the molecule is CCNC(Cc1ncnn1C(C)C)C1CCC(C)CC1. The lowest BCUT2D eigenvalue weighted by atomic mass is 9.78. The summed E-state index contributed by atoms with van der Waals surface area (Å²) in [5.74, 6) is 2.83. The number of likely N-dealkylation sites (N-methyl/N-ethyl adjacent to an activating group) is 1. The number of rotatable bonds is 6. The Hall–Kier alpha value is -0.900. The van der Waals surface area contributed by atoms with Crippen LogP contribution in [0.25, 0.3) is 0 Å². The molecule has 1 N–H and O–H groups in total. The highest BCUT2D eigenvalue weighted by atomic mass is 15.3. The number of nitrogens with one attached hydrogen (secondary N) is 1. The van der Waals surface area contributed by atoms with Crippen molar-refractivity contribution < 1.29 is 0 Å². The summed E-state index contributed by atoms with van der Waals surface area (Å²) in [7, 11) is 0. The second-order valence-electron chi connectivity index (χ2n) is 6.60. The Labute approximate surface area is 123 Å². The maximum Gasteiger partial charge on any atom is 0.138 e. The van der Waals surface area contributed by atoms with E-state index in [4.69, 9.17) is 0 Å². The molecule has 1 unspecified atom stereocenters. The molecule has 2 rings (SSSR count). The Morgan fingerprint density at radius 2 is 2.00 bits per heavy atom. The summed E-state index contributed by atoms with van der Waals surface area (Å²) in [6.45, 7) is 9.96. The normalized spacial score (nSPS) is 25.1. The summed E-state index contributed by atoms with van der Waals surface area (Å²) in [6, 6.07) is 0.940. The average Bonchev–Trinajstić information content (AvgIpc) is 2.87. The highest BCUT2D eigenvalue weighted by Gasteiger charge is 2.27. The van der Waals surface area contributed by atoms with Crippen molar-refractivity contribution in [2.45, 2.75) is 71.9 Å². The molecule has 114 valence electrons. The van der Waals surface area contributed by atoms with E-state index in [1.807, 2.05) is 0 Å². The highest BCUT2D eigenvalue weighted by molar-refractivity contribution is 4.94. The van der Waals surface area contributed by atoms with Gasteiger partial charge in [-0.1, -0.05) is 26.7 Å². The third-order valence-corrected chi connectivity index (χ3v) is 4.63. The predicted octanol–water partition coefficient (Wildman–Crippen LogP) is 3.21. The first-order valence-corrected chi connectivity index (χ1v) is 8.23. The van der Waals surface area contributed by atoms with E-state index in [9.17, 15) is 0 Å². The van der Waals surface area contributed by atoms with Crippen molar-refractivity contribution in [3.8, 4) is 0 Å². The van der Waals surface area contributed by atoms with Crippen molar-refractivity contribution >= 4 is 0 Å². The van der Waals surface area contributed by atoms with Crippen LogP contribution in [-0.2, 0) is 6.42 Å². The summed E-state index contributed by atoms with van der Waals surface area (Å²) >= 11 is 0. The first-order valence-electron chi connectivity index (χ1n) is 8.23. The molecule has 20 heavy (non-hydrogen) atoms. The molecule has 1 aliphatic carbocycles. The van der Waals surface area contributed by atoms with Crippen molar-refractivity contribution in [1.29, 1.82) is 0 Å². The molecule has 0 aliphatic heterocycles. The summed E-state index contributed by atoms with van der Waals surface area (Å²) in [5.41, 5.74) is 0. The quantitative estimate of drug-likeness (QED) is 0.869. The first-order chi connectivity index (χ1) is 9.61. The van der Waals surface area contributed by atoms with Crippen molar-refractivity contribution in [1.82, 2.24) is 20.1 Å². The average molecular weight is 278 g/mol. The fourth-order valence-electron chi connectivity index (χ4n) is 3.40. The fourth-order valence-corrected chi connectivity index (χ4v) is 3.40. The van der Waals surface area contributed by atoms with Crippen molar-refractivity contribution in [3.05, 3.63) is 12.2 Å². The molecular formula is C16H30N4. The van der Waals surface area contributed by atoms with Gasteiger partial charge < -0.3 is 5.32 Å². The first kappa shape index (κ1) is 15.5. The van der Waals surface area contributed by atoms with Gasteiger partial charge in [-0.2, -0.15) is 5.10 Å². The van der Waals surface area contributed by atoms with Crippen molar-refractivity contribution in [2.75, 3.05) is 6.54 Å². The van der Waals surface area contributed by atoms with E-state index in [1.165, 1.54) is 25.7 Å². The van der Waals surface area contributed by atoms with Gasteiger partial charge in [0.1, 0.15) is 12.2 Å². The van der Waals surface area contributed by atoms with Gasteiger partial charge in [0.2, 0.25) is 0 Å². The molecule has 4 nitrogen and oxygen atoms in total. The molecule has 0 spiro atoms. The Balaban J connectivity index is 2.03. The van der Waals surface area contributed by atoms with Crippen LogP contribution >= 0.6 is 0 Å². The Bertz CT molecular complexity index is 391. The molecule has 1 saturated carbocycles. The van der Waals surface area contributed by atoms with Gasteiger partial charge in [0, 0.05) is 18.5 Å². The van der Waals surface area contributed by atoms with Gasteiger partial charge >= 0.3 is 0 Å². The number of nitrogens with zero attached hydrogens (tertiary/aromatic N) is 3. The van der Waals surface area contributed by atoms with Crippen LogP contribution in [0.4, 0.5) is 0 Å². The minimum atomic E-state index is 0.390. The third-order valence-electron chi connectivity index (χ3n) is 4.63. The molecule has 0 amide bonds. The van der Waals surface area contributed by atoms with Crippen LogP contribution < -0.4 is 5.32 Å². The third kappa shape index (κ3) is 3.81. The van der Waals surface area contributed by atoms with E-state index in [2.05, 4.69) is 47.8 Å². The van der Waals surface area contributed by atoms with Crippen LogP contribution in [-0.4, -0.2) is 27.4 Å². The van der Waals surface area contributed by atoms with Gasteiger partial charge in [0.05, 0.1) is 0 Å². The van der Waals surface area contributed by atoms with Crippen LogP contribution in [0.15, 0.2) is 6.33 Å². The minimum Gasteiger partial charge on any atom is -0.314 e. The monoisotopic (exact) mass is 278 g/mol. The van der Waals surface area contributed by atoms with E-state index >= 15 is 0 Å². The van der Waals surface area contributed by atoms with E-state index in [0.717, 1.165) is 30.6 Å². The zero-order valence-electron chi connectivity index (χ0n) is 13.5. The van der Waals surface area contributed by atoms with Crippen LogP contribution in [0.1, 0.15) is 65.2 Å². The predicted molar refractivity (Wildman–Crippen MR) is 82.7 cm³/mol. The second-order valence-corrected chi connectivity index (χ2v) is 6.60. The molecule has 1 atom stereocenters. The Morgan fingerprint density at radius 3 is 2.60 bits per heavy atom. The summed E-state index contributed by atoms with van der Waals surface area (Å²) < 4.78 is 2.07. The van der Waals surface area contributed by atoms with Gasteiger partial charge in [-0.25, -0.2) is 9.67 Å². The lowest BCUT2D eigenvalue weighted by Crippen LogP contribution is -2.40. The largest absolute Gasteiger partial charge is 0.314 e. The molecule has 0 aromatic carbocycles. The molecule has 0 radical (unpaired) electrons. The molecule has 0 saturated heterocycles. The standard InChI is InChI=1S/C16H30N4/c1-5-17-15(14-8-6-13(4)7-9-14)10-16-18-11-19-20(16)12(2)3/h11-15,17H,5-10H2,1-4H3. The number of aromatic nitrogens is 3. The molecule has 1 aliphatic rings. The Morgan fingerprint density at radius 1 is 1.30 bits per heavy atom. The molecule has 1 aromatic rings. The van der Waals surface area contributed by atoms with Gasteiger partial charge in [-0.15, -0.1) is 0 Å². The van der Waals surface area contributed by atoms with Crippen LogP contribution in [0.3, 0.4) is 0 Å². The van der Waals surface area contributed by atoms with Crippen LogP contribution in [0.5, 0.6) is 0 Å². The van der Waals surface area contributed by atoms with Crippen molar-refractivity contribution in [3.63, 3.8) is 0 Å². The molecular weight excluding hydrogens is 248 g/mol. The fraction of sp³-hybridized carbons (Fsp3) is 0.875. The van der Waals surface area contributed by atoms with Crippen molar-refractivity contribution in [2.24, 2.45) is 11.8 Å². The lowest BCUT2D eigenvalue weighted by molar-refractivity contribution is 0.227. The molecule has 4 heteroatoms. The highest BCUT2D eigenvalue weighted by Crippen LogP contribution is 2.31. The summed E-state index contributed by atoms with van der Waals surface area (Å²) in [4.78, 5) is 4.48. The molecule has 0 bridgehead atoms. The topological polar surface area (TPSA) is 42.7 Å². The molecule has 1 heterocycles. The zero-order chi connectivity index (χ0) is 14.5. The molecule has 1 aromatic heterocycles. The van der Waals surface area contributed by atoms with E-state index < -0.39 is 0 Å². The summed E-state index contributed by atoms with van der Waals surface area (Å²) in [6.07, 6.45) is 8.17. The summed E-state index contributed by atoms with van der Waals surface area (Å²) in [5, 5.41) is 8.05. The van der Waals surface area contributed by atoms with Crippen LogP contribution in [0.2, 0.25) is 0 Å². The smallest absolute Gasteiger partial charge is 0.138 e. The van der Waals surface area contributed by atoms with Gasteiger partial charge in [-0.05, 0) is 45.1 Å². The van der Waals surface area contributed by atoms with E-state index in [-0.39, 0.29) is 0 Å². The van der Waals surface area contributed by atoms with Gasteiger partial charge in [0.15, 0.2) is 0 Å². The van der Waals surface area contributed by atoms with Gasteiger partial charge in [-0.3, -0.25) is 0 Å². The van der Waals surface area contributed by atoms with E-state index in [0.29, 0.717) is 12.1 Å². The maximum absolute atomic E-state index is 4.48. The van der Waals surface area contributed by atoms with E-state index in [1.54, 1.807) is 6.33 Å².